The number of hydrogen-bond donors (Lipinski definition) is 1. The van der Waals surface area contributed by atoms with Crippen LogP contribution in [0.3, 0.4) is 0 Å². The topological polar surface area (TPSA) is 88.6 Å². The van der Waals surface area contributed by atoms with Crippen LogP contribution in [0.1, 0.15) is 63.9 Å². The zero-order chi connectivity index (χ0) is 20.4. The maximum absolute atomic E-state index is 12.7. The number of fused-ring (bicyclic) bond motifs is 1. The molecule has 0 spiro atoms. The molecule has 2 saturated carbocycles. The normalized spacial score (nSPS) is 25.8. The van der Waals surface area contributed by atoms with Gasteiger partial charge in [0, 0.05) is 18.3 Å². The van der Waals surface area contributed by atoms with Crippen LogP contribution >= 0.6 is 0 Å². The van der Waals surface area contributed by atoms with Gasteiger partial charge in [-0.2, -0.15) is 0 Å². The second kappa shape index (κ2) is 8.51. The van der Waals surface area contributed by atoms with Crippen LogP contribution in [0.5, 0.6) is 5.88 Å². The molecule has 3 atom stereocenters. The Kier molecular flexibility index (Phi) is 5.83. The first-order valence-electron chi connectivity index (χ1n) is 10.8. The Balaban J connectivity index is 1.38. The van der Waals surface area contributed by atoms with E-state index >= 15 is 0 Å². The van der Waals surface area contributed by atoms with Gasteiger partial charge in [0.25, 0.3) is 0 Å². The van der Waals surface area contributed by atoms with Crippen molar-refractivity contribution in [3.05, 3.63) is 23.9 Å². The summed E-state index contributed by atoms with van der Waals surface area (Å²) in [5, 5.41) is 2.86. The van der Waals surface area contributed by atoms with Crippen LogP contribution in [0, 0.1) is 11.8 Å². The number of nitrogens with one attached hydrogen (secondary N) is 1. The van der Waals surface area contributed by atoms with Gasteiger partial charge in [0.2, 0.25) is 23.6 Å². The summed E-state index contributed by atoms with van der Waals surface area (Å²) in [6, 6.07) is 2.88. The van der Waals surface area contributed by atoms with E-state index in [1.165, 1.54) is 17.7 Å². The number of hydrogen-bond acceptors (Lipinski definition) is 5. The largest absolute Gasteiger partial charge is 0.474 e. The standard InChI is InChI=1S/C22H29N3O4/c1-14(25-21(27)17-10-4-5-11-18(17)22(25)28)19(26)24-13-15-7-6-12-23-20(15)29-16-8-2-3-9-16/h6-7,12,14,16-18H,2-5,8-11,13H2,1H3,(H,24,26)/t14-,17-,18-/m1/s1. The zero-order valence-electron chi connectivity index (χ0n) is 16.9. The molecule has 0 radical (unpaired) electrons. The number of pyridine rings is 1. The Hall–Kier alpha value is -2.44. The molecule has 1 aliphatic heterocycles. The third-order valence-corrected chi connectivity index (χ3v) is 6.53. The van der Waals surface area contributed by atoms with Gasteiger partial charge < -0.3 is 10.1 Å². The summed E-state index contributed by atoms with van der Waals surface area (Å²) in [6.07, 6.45) is 9.70. The summed E-state index contributed by atoms with van der Waals surface area (Å²) in [4.78, 5) is 43.7. The van der Waals surface area contributed by atoms with Crippen LogP contribution in [0.25, 0.3) is 0 Å². The minimum atomic E-state index is -0.809. The molecule has 7 heteroatoms. The van der Waals surface area contributed by atoms with E-state index < -0.39 is 6.04 Å². The number of imide groups is 1. The summed E-state index contributed by atoms with van der Waals surface area (Å²) in [5.74, 6) is -0.636. The number of likely N-dealkylation sites (tertiary alicyclic amines) is 1. The molecule has 1 aromatic rings. The van der Waals surface area contributed by atoms with Gasteiger partial charge in [-0.25, -0.2) is 4.98 Å². The SMILES string of the molecule is C[C@H](C(=O)NCc1cccnc1OC1CCCC1)N1C(=O)[C@@H]2CCCC[C@H]2C1=O. The van der Waals surface area contributed by atoms with Crippen LogP contribution in [-0.4, -0.2) is 39.8 Å². The van der Waals surface area contributed by atoms with E-state index in [0.29, 0.717) is 5.88 Å². The van der Waals surface area contributed by atoms with Crippen LogP contribution in [0.2, 0.25) is 0 Å². The van der Waals surface area contributed by atoms with E-state index in [4.69, 9.17) is 4.74 Å². The summed E-state index contributed by atoms with van der Waals surface area (Å²) in [7, 11) is 0. The van der Waals surface area contributed by atoms with Crippen LogP contribution in [0.4, 0.5) is 0 Å². The highest BCUT2D eigenvalue weighted by molar-refractivity contribution is 6.08. The quantitative estimate of drug-likeness (QED) is 0.743. The molecule has 3 fully saturated rings. The van der Waals surface area contributed by atoms with E-state index in [9.17, 15) is 14.4 Å². The van der Waals surface area contributed by atoms with Crippen molar-refractivity contribution in [3.8, 4) is 5.88 Å². The molecule has 156 valence electrons. The van der Waals surface area contributed by atoms with E-state index in [0.717, 1.165) is 44.1 Å². The lowest BCUT2D eigenvalue weighted by Gasteiger charge is -2.22. The first kappa shape index (κ1) is 19.9. The lowest BCUT2D eigenvalue weighted by molar-refractivity contribution is -0.147. The predicted molar refractivity (Wildman–Crippen MR) is 106 cm³/mol. The third kappa shape index (κ3) is 4.00. The van der Waals surface area contributed by atoms with Gasteiger partial charge in [-0.05, 0) is 51.5 Å². The molecule has 1 aromatic heterocycles. The van der Waals surface area contributed by atoms with Crippen molar-refractivity contribution in [1.29, 1.82) is 0 Å². The maximum atomic E-state index is 12.7. The van der Waals surface area contributed by atoms with Gasteiger partial charge >= 0.3 is 0 Å². The van der Waals surface area contributed by atoms with Gasteiger partial charge in [0.1, 0.15) is 12.1 Å². The lowest BCUT2D eigenvalue weighted by Crippen LogP contribution is -2.48. The molecule has 29 heavy (non-hydrogen) atoms. The van der Waals surface area contributed by atoms with Crippen LogP contribution in [0.15, 0.2) is 18.3 Å². The highest BCUT2D eigenvalue weighted by atomic mass is 16.5. The minimum Gasteiger partial charge on any atom is -0.474 e. The highest BCUT2D eigenvalue weighted by Gasteiger charge is 2.50. The van der Waals surface area contributed by atoms with Crippen molar-refractivity contribution in [1.82, 2.24) is 15.2 Å². The Labute approximate surface area is 171 Å². The van der Waals surface area contributed by atoms with Crippen molar-refractivity contribution in [3.63, 3.8) is 0 Å². The molecule has 2 aliphatic carbocycles. The van der Waals surface area contributed by atoms with Gasteiger partial charge in [-0.1, -0.05) is 18.9 Å². The average molecular weight is 399 g/mol. The maximum Gasteiger partial charge on any atom is 0.243 e. The number of nitrogens with zero attached hydrogens (tertiary/aromatic N) is 2. The Morgan fingerprint density at radius 2 is 1.76 bits per heavy atom. The molecule has 0 unspecified atom stereocenters. The summed E-state index contributed by atoms with van der Waals surface area (Å²) in [5.41, 5.74) is 0.799. The van der Waals surface area contributed by atoms with Crippen molar-refractivity contribution in [2.24, 2.45) is 11.8 Å². The molecule has 7 nitrogen and oxygen atoms in total. The van der Waals surface area contributed by atoms with Crippen LogP contribution in [-0.2, 0) is 20.9 Å². The second-order valence-corrected chi connectivity index (χ2v) is 8.43. The summed E-state index contributed by atoms with van der Waals surface area (Å²) < 4.78 is 6.02. The molecular weight excluding hydrogens is 370 g/mol. The molecule has 3 aliphatic rings. The van der Waals surface area contributed by atoms with E-state index in [1.807, 2.05) is 12.1 Å². The van der Waals surface area contributed by atoms with E-state index in [1.54, 1.807) is 13.1 Å². The van der Waals surface area contributed by atoms with E-state index in [2.05, 4.69) is 10.3 Å². The zero-order valence-corrected chi connectivity index (χ0v) is 16.9. The summed E-state index contributed by atoms with van der Waals surface area (Å²) >= 11 is 0. The number of aromatic nitrogens is 1. The van der Waals surface area contributed by atoms with Crippen molar-refractivity contribution < 1.29 is 19.1 Å². The Bertz CT molecular complexity index is 766. The highest BCUT2D eigenvalue weighted by Crippen LogP contribution is 2.38. The molecule has 1 N–H and O–H groups in total. The summed E-state index contributed by atoms with van der Waals surface area (Å²) in [6.45, 7) is 1.88. The first-order chi connectivity index (χ1) is 14.1. The fourth-order valence-corrected chi connectivity index (χ4v) is 4.85. The van der Waals surface area contributed by atoms with Crippen molar-refractivity contribution in [2.45, 2.75) is 77.0 Å². The van der Waals surface area contributed by atoms with Gasteiger partial charge in [-0.3, -0.25) is 19.3 Å². The second-order valence-electron chi connectivity index (χ2n) is 8.43. The third-order valence-electron chi connectivity index (χ3n) is 6.53. The monoisotopic (exact) mass is 399 g/mol. The Morgan fingerprint density at radius 3 is 2.41 bits per heavy atom. The van der Waals surface area contributed by atoms with Gasteiger partial charge in [0.05, 0.1) is 11.8 Å². The molecule has 2 heterocycles. The van der Waals surface area contributed by atoms with Gasteiger partial charge in [0.15, 0.2) is 0 Å². The average Bonchev–Trinajstić information content (AvgIpc) is 3.34. The number of rotatable bonds is 6. The number of ether oxygens (including phenoxy) is 1. The molecule has 3 amide bonds. The molecular formula is C22H29N3O4. The molecule has 4 rings (SSSR count). The lowest BCUT2D eigenvalue weighted by atomic mass is 9.81. The molecule has 0 bridgehead atoms. The van der Waals surface area contributed by atoms with Crippen molar-refractivity contribution >= 4 is 17.7 Å². The molecule has 1 saturated heterocycles. The predicted octanol–water partition coefficient (Wildman–Crippen LogP) is 2.58. The molecule has 0 aromatic carbocycles. The number of amides is 3. The van der Waals surface area contributed by atoms with Crippen LogP contribution < -0.4 is 10.1 Å². The van der Waals surface area contributed by atoms with E-state index in [-0.39, 0.29) is 42.2 Å². The number of carbonyl (C=O) groups excluding carboxylic acids is 3. The minimum absolute atomic E-state index is 0.182. The Morgan fingerprint density at radius 1 is 1.14 bits per heavy atom. The van der Waals surface area contributed by atoms with Crippen molar-refractivity contribution in [2.75, 3.05) is 0 Å². The first-order valence-corrected chi connectivity index (χ1v) is 10.8. The fraction of sp³-hybridized carbons (Fsp3) is 0.636. The fourth-order valence-electron chi connectivity index (χ4n) is 4.85. The smallest absolute Gasteiger partial charge is 0.243 e. The van der Waals surface area contributed by atoms with Gasteiger partial charge in [-0.15, -0.1) is 0 Å². The number of carbonyl (C=O) groups is 3.